The Kier molecular flexibility index (Phi) is 5.77. The van der Waals surface area contributed by atoms with Gasteiger partial charge < -0.3 is 5.32 Å². The van der Waals surface area contributed by atoms with Gasteiger partial charge in [0.25, 0.3) is 0 Å². The van der Waals surface area contributed by atoms with Gasteiger partial charge in [-0.2, -0.15) is 0 Å². The van der Waals surface area contributed by atoms with Gasteiger partial charge >= 0.3 is 0 Å². The zero-order valence-electron chi connectivity index (χ0n) is 12.3. The van der Waals surface area contributed by atoms with Crippen LogP contribution in [0.3, 0.4) is 0 Å². The second kappa shape index (κ2) is 7.59. The molecule has 0 amide bonds. The number of hydrogen-bond donors (Lipinski definition) is 1. The van der Waals surface area contributed by atoms with E-state index in [1.807, 2.05) is 12.4 Å². The molecular weight excluding hydrogens is 234 g/mol. The molecule has 19 heavy (non-hydrogen) atoms. The lowest BCUT2D eigenvalue weighted by Gasteiger charge is -2.25. The molecule has 1 aliphatic carbocycles. The summed E-state index contributed by atoms with van der Waals surface area (Å²) in [6.07, 6.45) is 12.2. The molecule has 2 rings (SSSR count). The zero-order chi connectivity index (χ0) is 13.5. The lowest BCUT2D eigenvalue weighted by atomic mass is 9.85. The minimum atomic E-state index is 0.593. The summed E-state index contributed by atoms with van der Waals surface area (Å²) in [7, 11) is 0. The summed E-state index contributed by atoms with van der Waals surface area (Å²) in [6.45, 7) is 6.77. The first-order valence-corrected chi connectivity index (χ1v) is 7.74. The van der Waals surface area contributed by atoms with Crippen molar-refractivity contribution >= 4 is 0 Å². The van der Waals surface area contributed by atoms with Crippen LogP contribution in [-0.2, 0) is 0 Å². The highest BCUT2D eigenvalue weighted by molar-refractivity contribution is 5.06. The maximum atomic E-state index is 4.55. The summed E-state index contributed by atoms with van der Waals surface area (Å²) >= 11 is 0. The van der Waals surface area contributed by atoms with E-state index in [0.29, 0.717) is 5.92 Å². The van der Waals surface area contributed by atoms with Crippen molar-refractivity contribution in [3.8, 4) is 0 Å². The lowest BCUT2D eigenvalue weighted by molar-refractivity contribution is 0.361. The minimum Gasteiger partial charge on any atom is -0.316 e. The molecule has 0 aliphatic heterocycles. The van der Waals surface area contributed by atoms with E-state index in [9.17, 15) is 0 Å². The first-order valence-electron chi connectivity index (χ1n) is 7.74. The molecule has 1 N–H and O–H groups in total. The molecule has 0 saturated heterocycles. The maximum absolute atomic E-state index is 4.55. The predicted octanol–water partition coefficient (Wildman–Crippen LogP) is 3.39. The number of nitrogens with zero attached hydrogens (tertiary/aromatic N) is 2. The van der Waals surface area contributed by atoms with Crippen molar-refractivity contribution < 1.29 is 0 Å². The summed E-state index contributed by atoms with van der Waals surface area (Å²) in [5, 5.41) is 3.63. The molecule has 3 heteroatoms. The van der Waals surface area contributed by atoms with Crippen LogP contribution >= 0.6 is 0 Å². The number of aromatic nitrogens is 2. The van der Waals surface area contributed by atoms with Crippen molar-refractivity contribution in [3.63, 3.8) is 0 Å². The Morgan fingerprint density at radius 2 is 2.05 bits per heavy atom. The van der Waals surface area contributed by atoms with Gasteiger partial charge in [-0.15, -0.1) is 0 Å². The van der Waals surface area contributed by atoms with Crippen LogP contribution < -0.4 is 5.32 Å². The molecule has 1 fully saturated rings. The summed E-state index contributed by atoms with van der Waals surface area (Å²) in [5.41, 5.74) is 1.20. The fourth-order valence-electron chi connectivity index (χ4n) is 3.08. The monoisotopic (exact) mass is 261 g/mol. The zero-order valence-corrected chi connectivity index (χ0v) is 12.3. The van der Waals surface area contributed by atoms with E-state index in [1.54, 1.807) is 6.20 Å². The summed E-state index contributed by atoms with van der Waals surface area (Å²) in [4.78, 5) is 8.80. The number of nitrogens with one attached hydrogen (secondary N) is 1. The summed E-state index contributed by atoms with van der Waals surface area (Å²) in [6, 6.07) is 0. The highest BCUT2D eigenvalue weighted by Crippen LogP contribution is 2.34. The number of hydrogen-bond acceptors (Lipinski definition) is 3. The lowest BCUT2D eigenvalue weighted by Crippen LogP contribution is -2.29. The third-order valence-corrected chi connectivity index (χ3v) is 4.08. The van der Waals surface area contributed by atoms with Gasteiger partial charge in [0.2, 0.25) is 0 Å². The first kappa shape index (κ1) is 14.4. The van der Waals surface area contributed by atoms with Crippen molar-refractivity contribution in [3.05, 3.63) is 24.3 Å². The molecule has 106 valence electrons. The molecule has 0 radical (unpaired) electrons. The van der Waals surface area contributed by atoms with E-state index >= 15 is 0 Å². The van der Waals surface area contributed by atoms with Gasteiger partial charge in [0.1, 0.15) is 0 Å². The molecule has 2 unspecified atom stereocenters. The topological polar surface area (TPSA) is 37.8 Å². The van der Waals surface area contributed by atoms with Crippen molar-refractivity contribution in [2.45, 2.75) is 51.9 Å². The van der Waals surface area contributed by atoms with Crippen molar-refractivity contribution in [1.29, 1.82) is 0 Å². The van der Waals surface area contributed by atoms with Gasteiger partial charge in [0.15, 0.2) is 0 Å². The third-order valence-electron chi connectivity index (χ3n) is 4.08. The normalized spacial score (nSPS) is 24.4. The van der Waals surface area contributed by atoms with Gasteiger partial charge in [-0.25, -0.2) is 0 Å². The Hall–Kier alpha value is -0.960. The maximum Gasteiger partial charge on any atom is 0.0620 e. The molecule has 1 heterocycles. The number of rotatable bonds is 5. The van der Waals surface area contributed by atoms with Crippen LogP contribution in [0.25, 0.3) is 0 Å². The van der Waals surface area contributed by atoms with E-state index < -0.39 is 0 Å². The van der Waals surface area contributed by atoms with E-state index in [2.05, 4.69) is 29.1 Å². The van der Waals surface area contributed by atoms with E-state index in [1.165, 1.54) is 37.8 Å². The molecule has 1 aliphatic rings. The molecule has 0 spiro atoms. The van der Waals surface area contributed by atoms with Crippen LogP contribution in [0.2, 0.25) is 0 Å². The molecule has 3 nitrogen and oxygen atoms in total. The first-order chi connectivity index (χ1) is 9.27. The van der Waals surface area contributed by atoms with Gasteiger partial charge in [-0.05, 0) is 37.8 Å². The molecule has 1 aromatic heterocycles. The molecular formula is C16H27N3. The quantitative estimate of drug-likeness (QED) is 0.826. The second-order valence-electron chi connectivity index (χ2n) is 6.19. The average Bonchev–Trinajstić information content (AvgIpc) is 2.65. The fraction of sp³-hybridized carbons (Fsp3) is 0.750. The van der Waals surface area contributed by atoms with Crippen LogP contribution in [0.5, 0.6) is 0 Å². The summed E-state index contributed by atoms with van der Waals surface area (Å²) in [5.74, 6) is 2.04. The van der Waals surface area contributed by atoms with Crippen molar-refractivity contribution in [2.24, 2.45) is 11.8 Å². The largest absolute Gasteiger partial charge is 0.316 e. The van der Waals surface area contributed by atoms with Gasteiger partial charge in [-0.1, -0.05) is 33.1 Å². The van der Waals surface area contributed by atoms with E-state index in [0.717, 1.165) is 24.9 Å². The molecule has 0 aromatic carbocycles. The van der Waals surface area contributed by atoms with E-state index in [-0.39, 0.29) is 0 Å². The summed E-state index contributed by atoms with van der Waals surface area (Å²) < 4.78 is 0. The Morgan fingerprint density at radius 3 is 2.79 bits per heavy atom. The highest BCUT2D eigenvalue weighted by Gasteiger charge is 2.25. The van der Waals surface area contributed by atoms with Crippen LogP contribution in [0.1, 0.15) is 57.6 Å². The van der Waals surface area contributed by atoms with Gasteiger partial charge in [-0.3, -0.25) is 9.97 Å². The van der Waals surface area contributed by atoms with Gasteiger partial charge in [0.05, 0.1) is 5.69 Å². The Labute approximate surface area is 117 Å². The standard InChI is InChI=1S/C16H27N3/c1-13(2)10-18-11-14-6-4-3-5-7-15(14)16-12-17-8-9-19-16/h8-9,12-15,18H,3-7,10-11H2,1-2H3. The fourth-order valence-corrected chi connectivity index (χ4v) is 3.08. The molecule has 2 atom stereocenters. The van der Waals surface area contributed by atoms with Crippen molar-refractivity contribution in [1.82, 2.24) is 15.3 Å². The van der Waals surface area contributed by atoms with Crippen LogP contribution in [0.4, 0.5) is 0 Å². The van der Waals surface area contributed by atoms with Gasteiger partial charge in [0, 0.05) is 24.5 Å². The molecule has 0 bridgehead atoms. The minimum absolute atomic E-state index is 0.593. The smallest absolute Gasteiger partial charge is 0.0620 e. The highest BCUT2D eigenvalue weighted by atomic mass is 14.9. The van der Waals surface area contributed by atoms with Crippen molar-refractivity contribution in [2.75, 3.05) is 13.1 Å². The van der Waals surface area contributed by atoms with Crippen LogP contribution in [0, 0.1) is 11.8 Å². The molecule has 1 aromatic rings. The third kappa shape index (κ3) is 4.57. The Morgan fingerprint density at radius 1 is 1.21 bits per heavy atom. The Bertz CT molecular complexity index is 350. The SMILES string of the molecule is CC(C)CNCC1CCCCCC1c1cnccn1. The van der Waals surface area contributed by atoms with E-state index in [4.69, 9.17) is 0 Å². The second-order valence-corrected chi connectivity index (χ2v) is 6.19. The predicted molar refractivity (Wildman–Crippen MR) is 79.1 cm³/mol. The molecule has 1 saturated carbocycles. The van der Waals surface area contributed by atoms with Crippen LogP contribution in [0.15, 0.2) is 18.6 Å². The average molecular weight is 261 g/mol. The Balaban J connectivity index is 1.99. The van der Waals surface area contributed by atoms with Crippen LogP contribution in [-0.4, -0.2) is 23.1 Å².